The first-order valence-corrected chi connectivity index (χ1v) is 9.17. The number of nitrogens with zero attached hydrogens (tertiary/aromatic N) is 1. The second kappa shape index (κ2) is 8.92. The maximum absolute atomic E-state index is 12.5. The van der Waals surface area contributed by atoms with Gasteiger partial charge in [0.05, 0.1) is 31.1 Å². The fourth-order valence-corrected chi connectivity index (χ4v) is 3.16. The number of halogens is 1. The highest BCUT2D eigenvalue weighted by Gasteiger charge is 2.20. The summed E-state index contributed by atoms with van der Waals surface area (Å²) in [6, 6.07) is 13.5. The summed E-state index contributed by atoms with van der Waals surface area (Å²) in [5.41, 5.74) is 3.40. The first-order chi connectivity index (χ1) is 12.7. The van der Waals surface area contributed by atoms with Gasteiger partial charge in [0, 0.05) is 30.3 Å². The number of hydrogen-bond donors (Lipinski definition) is 1. The molecule has 1 aliphatic rings. The molecule has 0 amide bonds. The summed E-state index contributed by atoms with van der Waals surface area (Å²) in [6.45, 7) is 5.65. The van der Waals surface area contributed by atoms with Gasteiger partial charge in [-0.2, -0.15) is 0 Å². The summed E-state index contributed by atoms with van der Waals surface area (Å²) in [5, 5.41) is 4.05. The molecule has 0 unspecified atom stereocenters. The van der Waals surface area contributed by atoms with E-state index in [2.05, 4.69) is 10.2 Å². The Bertz CT molecular complexity index is 760. The van der Waals surface area contributed by atoms with Crippen LogP contribution in [0.1, 0.15) is 22.8 Å². The van der Waals surface area contributed by atoms with Gasteiger partial charge in [0.2, 0.25) is 0 Å². The molecule has 0 saturated carbocycles. The van der Waals surface area contributed by atoms with Crippen molar-refractivity contribution in [2.45, 2.75) is 13.5 Å². The first-order valence-electron chi connectivity index (χ1n) is 8.79. The van der Waals surface area contributed by atoms with Crippen molar-refractivity contribution in [3.8, 4) is 0 Å². The monoisotopic (exact) mass is 374 g/mol. The van der Waals surface area contributed by atoms with Crippen LogP contribution < -0.4 is 10.2 Å². The summed E-state index contributed by atoms with van der Waals surface area (Å²) in [5.74, 6) is -0.305. The highest BCUT2D eigenvalue weighted by molar-refractivity contribution is 6.30. The molecule has 2 aromatic carbocycles. The van der Waals surface area contributed by atoms with E-state index in [1.165, 1.54) is 0 Å². The van der Waals surface area contributed by atoms with Crippen molar-refractivity contribution in [1.29, 1.82) is 0 Å². The number of carbonyl (C=O) groups is 1. The van der Waals surface area contributed by atoms with Gasteiger partial charge in [-0.25, -0.2) is 4.79 Å². The predicted octanol–water partition coefficient (Wildman–Crippen LogP) is 3.97. The normalized spacial score (nSPS) is 14.2. The number of morpholine rings is 1. The maximum Gasteiger partial charge on any atom is 0.340 e. The molecular weight excluding hydrogens is 352 g/mol. The molecule has 1 fully saturated rings. The van der Waals surface area contributed by atoms with Crippen LogP contribution in [-0.2, 0) is 16.0 Å². The van der Waals surface area contributed by atoms with Gasteiger partial charge in [0.15, 0.2) is 0 Å². The SMILES string of the molecule is CCOC(=O)c1cc(NCc2cccc(Cl)c2)ccc1N1CCOCC1. The number of rotatable bonds is 6. The molecule has 0 atom stereocenters. The number of ether oxygens (including phenoxy) is 2. The van der Waals surface area contributed by atoms with Gasteiger partial charge in [0.25, 0.3) is 0 Å². The van der Waals surface area contributed by atoms with Crippen LogP contribution in [0.15, 0.2) is 42.5 Å². The van der Waals surface area contributed by atoms with E-state index in [1.807, 2.05) is 49.4 Å². The molecule has 0 bridgehead atoms. The smallest absolute Gasteiger partial charge is 0.340 e. The fourth-order valence-electron chi connectivity index (χ4n) is 2.95. The van der Waals surface area contributed by atoms with Crippen molar-refractivity contribution in [3.05, 3.63) is 58.6 Å². The third-order valence-corrected chi connectivity index (χ3v) is 4.46. The standard InChI is InChI=1S/C20H23ClN2O3/c1-2-26-20(24)18-13-17(22-14-15-4-3-5-16(21)12-15)6-7-19(18)23-8-10-25-11-9-23/h3-7,12-13,22H,2,8-11,14H2,1H3. The van der Waals surface area contributed by atoms with Crippen LogP contribution in [0.2, 0.25) is 5.02 Å². The molecule has 3 rings (SSSR count). The summed E-state index contributed by atoms with van der Waals surface area (Å²) < 4.78 is 10.7. The highest BCUT2D eigenvalue weighted by Crippen LogP contribution is 2.26. The van der Waals surface area contributed by atoms with Crippen LogP contribution in [0.5, 0.6) is 0 Å². The average Bonchev–Trinajstić information content (AvgIpc) is 2.67. The molecule has 0 spiro atoms. The molecule has 0 aliphatic carbocycles. The van der Waals surface area contributed by atoms with Gasteiger partial charge in [0.1, 0.15) is 0 Å². The highest BCUT2D eigenvalue weighted by atomic mass is 35.5. The molecule has 0 aromatic heterocycles. The zero-order chi connectivity index (χ0) is 18.4. The van der Waals surface area contributed by atoms with Gasteiger partial charge >= 0.3 is 5.97 Å². The van der Waals surface area contributed by atoms with E-state index in [-0.39, 0.29) is 5.97 Å². The molecule has 5 nitrogen and oxygen atoms in total. The van der Waals surface area contributed by atoms with E-state index in [0.717, 1.165) is 30.0 Å². The van der Waals surface area contributed by atoms with E-state index >= 15 is 0 Å². The molecule has 26 heavy (non-hydrogen) atoms. The summed E-state index contributed by atoms with van der Waals surface area (Å²) in [7, 11) is 0. The lowest BCUT2D eigenvalue weighted by Crippen LogP contribution is -2.37. The van der Waals surface area contributed by atoms with Crippen LogP contribution in [0.3, 0.4) is 0 Å². The Balaban J connectivity index is 1.80. The fraction of sp³-hybridized carbons (Fsp3) is 0.350. The molecule has 1 N–H and O–H groups in total. The predicted molar refractivity (Wildman–Crippen MR) is 104 cm³/mol. The van der Waals surface area contributed by atoms with Gasteiger partial charge in [-0.1, -0.05) is 23.7 Å². The van der Waals surface area contributed by atoms with Gasteiger partial charge in [-0.3, -0.25) is 0 Å². The summed E-state index contributed by atoms with van der Waals surface area (Å²) in [4.78, 5) is 14.6. The van der Waals surface area contributed by atoms with Crippen molar-refractivity contribution >= 4 is 28.9 Å². The Morgan fingerprint density at radius 3 is 2.77 bits per heavy atom. The van der Waals surface area contributed by atoms with Crippen molar-refractivity contribution in [3.63, 3.8) is 0 Å². The number of anilines is 2. The van der Waals surface area contributed by atoms with Gasteiger partial charge < -0.3 is 19.7 Å². The lowest BCUT2D eigenvalue weighted by atomic mass is 10.1. The van der Waals surface area contributed by atoms with Crippen molar-refractivity contribution in [2.24, 2.45) is 0 Å². The molecule has 2 aromatic rings. The van der Waals surface area contributed by atoms with E-state index in [1.54, 1.807) is 0 Å². The lowest BCUT2D eigenvalue weighted by Gasteiger charge is -2.30. The molecule has 0 radical (unpaired) electrons. The van der Waals surface area contributed by atoms with E-state index < -0.39 is 0 Å². The zero-order valence-electron chi connectivity index (χ0n) is 14.8. The quantitative estimate of drug-likeness (QED) is 0.775. The topological polar surface area (TPSA) is 50.8 Å². The number of hydrogen-bond acceptors (Lipinski definition) is 5. The third-order valence-electron chi connectivity index (χ3n) is 4.23. The second-order valence-corrected chi connectivity index (χ2v) is 6.47. The van der Waals surface area contributed by atoms with E-state index in [4.69, 9.17) is 21.1 Å². The van der Waals surface area contributed by atoms with E-state index in [9.17, 15) is 4.79 Å². The average molecular weight is 375 g/mol. The third kappa shape index (κ3) is 4.68. The Morgan fingerprint density at radius 1 is 1.23 bits per heavy atom. The summed E-state index contributed by atoms with van der Waals surface area (Å²) >= 11 is 6.03. The molecule has 1 aliphatic heterocycles. The van der Waals surface area contributed by atoms with Crippen LogP contribution in [0.25, 0.3) is 0 Å². The largest absolute Gasteiger partial charge is 0.462 e. The molecular formula is C20H23ClN2O3. The van der Waals surface area contributed by atoms with Gasteiger partial charge in [-0.05, 0) is 42.8 Å². The molecule has 138 valence electrons. The van der Waals surface area contributed by atoms with Crippen molar-refractivity contribution in [2.75, 3.05) is 43.1 Å². The Morgan fingerprint density at radius 2 is 2.04 bits per heavy atom. The number of carbonyl (C=O) groups excluding carboxylic acids is 1. The van der Waals surface area contributed by atoms with Crippen molar-refractivity contribution in [1.82, 2.24) is 0 Å². The number of benzene rings is 2. The maximum atomic E-state index is 12.5. The van der Waals surface area contributed by atoms with E-state index in [0.29, 0.717) is 37.0 Å². The second-order valence-electron chi connectivity index (χ2n) is 6.04. The number of esters is 1. The first kappa shape index (κ1) is 18.5. The number of nitrogens with one attached hydrogen (secondary N) is 1. The Kier molecular flexibility index (Phi) is 6.36. The summed E-state index contributed by atoms with van der Waals surface area (Å²) in [6.07, 6.45) is 0. The zero-order valence-corrected chi connectivity index (χ0v) is 15.6. The van der Waals surface area contributed by atoms with Gasteiger partial charge in [-0.15, -0.1) is 0 Å². The van der Waals surface area contributed by atoms with Crippen LogP contribution in [-0.4, -0.2) is 38.9 Å². The molecule has 1 heterocycles. The van der Waals surface area contributed by atoms with Crippen LogP contribution in [0, 0.1) is 0 Å². The lowest BCUT2D eigenvalue weighted by molar-refractivity contribution is 0.0526. The molecule has 6 heteroatoms. The van der Waals surface area contributed by atoms with Crippen molar-refractivity contribution < 1.29 is 14.3 Å². The minimum atomic E-state index is -0.305. The van der Waals surface area contributed by atoms with Crippen LogP contribution in [0.4, 0.5) is 11.4 Å². The Labute approximate surface area is 158 Å². The minimum Gasteiger partial charge on any atom is -0.462 e. The Hall–Kier alpha value is -2.24. The van der Waals surface area contributed by atoms with Crippen LogP contribution >= 0.6 is 11.6 Å². The molecule has 1 saturated heterocycles. The minimum absolute atomic E-state index is 0.305.